The first kappa shape index (κ1) is 7.80. The zero-order chi connectivity index (χ0) is 8.72. The van der Waals surface area contributed by atoms with Gasteiger partial charge in [0, 0.05) is 13.0 Å². The van der Waals surface area contributed by atoms with Crippen molar-refractivity contribution in [3.63, 3.8) is 0 Å². The van der Waals surface area contributed by atoms with Gasteiger partial charge in [-0.3, -0.25) is 4.79 Å². The van der Waals surface area contributed by atoms with Gasteiger partial charge in [-0.1, -0.05) is 0 Å². The third-order valence-electron chi connectivity index (χ3n) is 2.36. The normalized spacial score (nSPS) is 16.5. The standard InChI is InChI=1S/C9H11NOS/c1-6-5-12-9(7(6)2)10-4-3-8(10)11/h5H,3-4H2,1-2H3. The maximum atomic E-state index is 11.1. The second-order valence-electron chi connectivity index (χ2n) is 3.14. The van der Waals surface area contributed by atoms with Crippen molar-refractivity contribution in [1.82, 2.24) is 0 Å². The van der Waals surface area contributed by atoms with Crippen LogP contribution in [0.1, 0.15) is 17.5 Å². The Hall–Kier alpha value is -0.830. The van der Waals surface area contributed by atoms with Crippen LogP contribution in [-0.4, -0.2) is 12.5 Å². The van der Waals surface area contributed by atoms with Crippen LogP contribution in [0.2, 0.25) is 0 Å². The lowest BCUT2D eigenvalue weighted by atomic mass is 10.1. The van der Waals surface area contributed by atoms with Gasteiger partial charge in [0.1, 0.15) is 5.00 Å². The van der Waals surface area contributed by atoms with Crippen LogP contribution in [0.25, 0.3) is 0 Å². The molecule has 1 aromatic heterocycles. The van der Waals surface area contributed by atoms with Crippen LogP contribution in [0.3, 0.4) is 0 Å². The topological polar surface area (TPSA) is 20.3 Å². The van der Waals surface area contributed by atoms with Gasteiger partial charge in [0.2, 0.25) is 5.91 Å². The van der Waals surface area contributed by atoms with E-state index >= 15 is 0 Å². The number of hydrogen-bond acceptors (Lipinski definition) is 2. The summed E-state index contributed by atoms with van der Waals surface area (Å²) < 4.78 is 0. The van der Waals surface area contributed by atoms with Gasteiger partial charge < -0.3 is 4.90 Å². The van der Waals surface area contributed by atoms with Crippen molar-refractivity contribution in [2.45, 2.75) is 20.3 Å². The Morgan fingerprint density at radius 2 is 2.25 bits per heavy atom. The Morgan fingerprint density at radius 1 is 1.50 bits per heavy atom. The van der Waals surface area contributed by atoms with E-state index in [1.807, 2.05) is 4.90 Å². The highest BCUT2D eigenvalue weighted by atomic mass is 32.1. The van der Waals surface area contributed by atoms with E-state index in [-0.39, 0.29) is 5.91 Å². The molecule has 1 aromatic rings. The van der Waals surface area contributed by atoms with Gasteiger partial charge in [0.25, 0.3) is 0 Å². The van der Waals surface area contributed by atoms with E-state index in [0.717, 1.165) is 18.0 Å². The van der Waals surface area contributed by atoms with Crippen LogP contribution >= 0.6 is 11.3 Å². The minimum atomic E-state index is 0.264. The Labute approximate surface area is 75.8 Å². The first-order valence-corrected chi connectivity index (χ1v) is 4.93. The molecule has 0 unspecified atom stereocenters. The first-order chi connectivity index (χ1) is 5.70. The number of aryl methyl sites for hydroxylation is 1. The van der Waals surface area contributed by atoms with Gasteiger partial charge in [-0.15, -0.1) is 11.3 Å². The van der Waals surface area contributed by atoms with Crippen molar-refractivity contribution in [3.05, 3.63) is 16.5 Å². The van der Waals surface area contributed by atoms with Crippen LogP contribution in [-0.2, 0) is 4.79 Å². The summed E-state index contributed by atoms with van der Waals surface area (Å²) in [6.45, 7) is 5.06. The molecule has 0 N–H and O–H groups in total. The number of nitrogens with zero attached hydrogens (tertiary/aromatic N) is 1. The minimum absolute atomic E-state index is 0.264. The van der Waals surface area contributed by atoms with E-state index in [0.29, 0.717) is 0 Å². The number of carbonyl (C=O) groups is 1. The second-order valence-corrected chi connectivity index (χ2v) is 4.00. The number of amides is 1. The maximum Gasteiger partial charge on any atom is 0.229 e. The van der Waals surface area contributed by atoms with E-state index in [1.54, 1.807) is 11.3 Å². The third kappa shape index (κ3) is 0.966. The summed E-state index contributed by atoms with van der Waals surface area (Å²) in [7, 11) is 0. The molecule has 12 heavy (non-hydrogen) atoms. The molecule has 2 rings (SSSR count). The molecule has 0 aromatic carbocycles. The molecule has 2 nitrogen and oxygen atoms in total. The highest BCUT2D eigenvalue weighted by Gasteiger charge is 2.27. The molecule has 0 radical (unpaired) electrons. The van der Waals surface area contributed by atoms with Crippen LogP contribution in [0, 0.1) is 13.8 Å². The highest BCUT2D eigenvalue weighted by molar-refractivity contribution is 7.14. The fourth-order valence-corrected chi connectivity index (χ4v) is 2.41. The minimum Gasteiger partial charge on any atom is -0.303 e. The number of rotatable bonds is 1. The van der Waals surface area contributed by atoms with Crippen molar-refractivity contribution < 1.29 is 4.79 Å². The van der Waals surface area contributed by atoms with Crippen molar-refractivity contribution in [2.75, 3.05) is 11.4 Å². The van der Waals surface area contributed by atoms with Crippen molar-refractivity contribution in [1.29, 1.82) is 0 Å². The van der Waals surface area contributed by atoms with Crippen LogP contribution < -0.4 is 4.90 Å². The molecule has 0 bridgehead atoms. The van der Waals surface area contributed by atoms with Crippen molar-refractivity contribution in [2.24, 2.45) is 0 Å². The largest absolute Gasteiger partial charge is 0.303 e. The zero-order valence-corrected chi connectivity index (χ0v) is 8.07. The first-order valence-electron chi connectivity index (χ1n) is 4.05. The predicted molar refractivity (Wildman–Crippen MR) is 50.8 cm³/mol. The Kier molecular flexibility index (Phi) is 1.68. The summed E-state index contributed by atoms with van der Waals surface area (Å²) >= 11 is 1.67. The molecular weight excluding hydrogens is 170 g/mol. The lowest BCUT2D eigenvalue weighted by molar-refractivity contribution is -0.122. The number of thiophene rings is 1. The smallest absolute Gasteiger partial charge is 0.229 e. The average molecular weight is 181 g/mol. The molecule has 1 aliphatic heterocycles. The van der Waals surface area contributed by atoms with Gasteiger partial charge in [0.05, 0.1) is 0 Å². The van der Waals surface area contributed by atoms with Crippen LogP contribution in [0.5, 0.6) is 0 Å². The van der Waals surface area contributed by atoms with Gasteiger partial charge in [-0.05, 0) is 30.4 Å². The van der Waals surface area contributed by atoms with Crippen LogP contribution in [0.4, 0.5) is 5.00 Å². The molecule has 3 heteroatoms. The maximum absolute atomic E-state index is 11.1. The Morgan fingerprint density at radius 3 is 2.58 bits per heavy atom. The molecule has 0 spiro atoms. The monoisotopic (exact) mass is 181 g/mol. The number of carbonyl (C=O) groups excluding carboxylic acids is 1. The zero-order valence-electron chi connectivity index (χ0n) is 7.26. The lowest BCUT2D eigenvalue weighted by Crippen LogP contribution is -2.43. The van der Waals surface area contributed by atoms with Gasteiger partial charge >= 0.3 is 0 Å². The van der Waals surface area contributed by atoms with Crippen LogP contribution in [0.15, 0.2) is 5.38 Å². The molecule has 2 heterocycles. The van der Waals surface area contributed by atoms with E-state index in [1.165, 1.54) is 11.1 Å². The third-order valence-corrected chi connectivity index (χ3v) is 3.58. The molecule has 0 atom stereocenters. The quantitative estimate of drug-likeness (QED) is 0.607. The van der Waals surface area contributed by atoms with Gasteiger partial charge in [-0.2, -0.15) is 0 Å². The summed E-state index contributed by atoms with van der Waals surface area (Å²) in [6, 6.07) is 0. The molecule has 1 amide bonds. The Bertz CT molecular complexity index is 329. The van der Waals surface area contributed by atoms with Gasteiger partial charge in [-0.25, -0.2) is 0 Å². The lowest BCUT2D eigenvalue weighted by Gasteiger charge is -2.29. The van der Waals surface area contributed by atoms with Gasteiger partial charge in [0.15, 0.2) is 0 Å². The molecule has 1 fully saturated rings. The summed E-state index contributed by atoms with van der Waals surface area (Å²) in [5.74, 6) is 0.264. The Balaban J connectivity index is 2.34. The number of β-lactam (4-membered cyclic amide) rings is 1. The number of hydrogen-bond donors (Lipinski definition) is 0. The fraction of sp³-hybridized carbons (Fsp3) is 0.444. The predicted octanol–water partition coefficient (Wildman–Crippen LogP) is 2.10. The molecular formula is C9H11NOS. The van der Waals surface area contributed by atoms with E-state index in [2.05, 4.69) is 19.2 Å². The average Bonchev–Trinajstić information content (AvgIpc) is 2.34. The molecule has 0 aliphatic carbocycles. The second kappa shape index (κ2) is 2.59. The van der Waals surface area contributed by atoms with Crippen molar-refractivity contribution >= 4 is 22.2 Å². The van der Waals surface area contributed by atoms with E-state index in [9.17, 15) is 4.79 Å². The summed E-state index contributed by atoms with van der Waals surface area (Å²) in [5, 5.41) is 3.25. The van der Waals surface area contributed by atoms with E-state index < -0.39 is 0 Å². The van der Waals surface area contributed by atoms with Crippen molar-refractivity contribution in [3.8, 4) is 0 Å². The number of anilines is 1. The summed E-state index contributed by atoms with van der Waals surface area (Å²) in [5.41, 5.74) is 2.54. The SMILES string of the molecule is Cc1csc(N2CCC2=O)c1C. The molecule has 1 saturated heterocycles. The molecule has 64 valence electrons. The highest BCUT2D eigenvalue weighted by Crippen LogP contribution is 2.33. The summed E-state index contributed by atoms with van der Waals surface area (Å²) in [6.07, 6.45) is 0.719. The summed E-state index contributed by atoms with van der Waals surface area (Å²) in [4.78, 5) is 13.0. The molecule has 0 saturated carbocycles. The molecule has 1 aliphatic rings. The van der Waals surface area contributed by atoms with E-state index in [4.69, 9.17) is 0 Å². The fourth-order valence-electron chi connectivity index (χ4n) is 1.29.